The van der Waals surface area contributed by atoms with Gasteiger partial charge in [-0.2, -0.15) is 0 Å². The molecule has 5 heteroatoms. The van der Waals surface area contributed by atoms with Crippen LogP contribution in [-0.4, -0.2) is 41.3 Å². The average molecular weight is 274 g/mol. The molecule has 0 atom stereocenters. The minimum Gasteiger partial charge on any atom is -0.508 e. The molecule has 2 aromatic rings. The minimum absolute atomic E-state index is 0.177. The zero-order chi connectivity index (χ0) is 13.9. The van der Waals surface area contributed by atoms with Crippen molar-refractivity contribution in [2.24, 2.45) is 0 Å². The Morgan fingerprint density at radius 2 is 1.85 bits per heavy atom. The molecule has 1 aromatic carbocycles. The molecule has 0 saturated carbocycles. The molecule has 0 spiro atoms. The normalized spacial score (nSPS) is 16.5. The molecule has 1 saturated heterocycles. The van der Waals surface area contributed by atoms with E-state index in [9.17, 15) is 10.2 Å². The maximum Gasteiger partial charge on any atom is 0.139 e. The Morgan fingerprint density at radius 1 is 1.05 bits per heavy atom. The van der Waals surface area contributed by atoms with Gasteiger partial charge in [0.05, 0.1) is 18.5 Å². The van der Waals surface area contributed by atoms with Crippen LogP contribution in [0.5, 0.6) is 11.5 Å². The van der Waals surface area contributed by atoms with Crippen molar-refractivity contribution < 1.29 is 14.6 Å². The van der Waals surface area contributed by atoms with Crippen LogP contribution in [0, 0.1) is 0 Å². The number of aromatic hydroxyl groups is 2. The number of furan rings is 1. The van der Waals surface area contributed by atoms with E-state index in [1.165, 1.54) is 12.1 Å². The number of nitrogens with zero attached hydrogens (tertiary/aromatic N) is 2. The summed E-state index contributed by atoms with van der Waals surface area (Å²) in [5, 5.41) is 19.4. The molecule has 0 bridgehead atoms. The van der Waals surface area contributed by atoms with Gasteiger partial charge in [-0.1, -0.05) is 0 Å². The highest BCUT2D eigenvalue weighted by molar-refractivity contribution is 5.60. The van der Waals surface area contributed by atoms with Crippen molar-refractivity contribution >= 4 is 5.69 Å². The van der Waals surface area contributed by atoms with E-state index in [1.54, 1.807) is 12.3 Å². The van der Waals surface area contributed by atoms with E-state index < -0.39 is 0 Å². The number of benzene rings is 1. The molecule has 3 rings (SSSR count). The van der Waals surface area contributed by atoms with Crippen molar-refractivity contribution in [1.82, 2.24) is 4.90 Å². The Labute approximate surface area is 117 Å². The Kier molecular flexibility index (Phi) is 3.52. The SMILES string of the molecule is Oc1ccc(O)c(N2CCN(Cc3ccco3)CC2)c1. The Balaban J connectivity index is 1.62. The van der Waals surface area contributed by atoms with Gasteiger partial charge < -0.3 is 19.5 Å². The fourth-order valence-corrected chi connectivity index (χ4v) is 2.53. The second-order valence-corrected chi connectivity index (χ2v) is 5.02. The lowest BCUT2D eigenvalue weighted by atomic mass is 10.2. The summed E-state index contributed by atoms with van der Waals surface area (Å²) in [6.45, 7) is 4.24. The van der Waals surface area contributed by atoms with Crippen LogP contribution < -0.4 is 4.90 Å². The van der Waals surface area contributed by atoms with E-state index in [0.29, 0.717) is 5.69 Å². The molecule has 20 heavy (non-hydrogen) atoms. The number of hydrogen-bond donors (Lipinski definition) is 2. The van der Waals surface area contributed by atoms with Gasteiger partial charge in [-0.3, -0.25) is 4.90 Å². The van der Waals surface area contributed by atoms with E-state index in [2.05, 4.69) is 9.80 Å². The highest BCUT2D eigenvalue weighted by Gasteiger charge is 2.20. The van der Waals surface area contributed by atoms with Crippen molar-refractivity contribution in [2.45, 2.75) is 6.54 Å². The number of phenolic OH excluding ortho intramolecular Hbond substituents is 2. The zero-order valence-corrected chi connectivity index (χ0v) is 11.2. The second kappa shape index (κ2) is 5.46. The van der Waals surface area contributed by atoms with E-state index >= 15 is 0 Å². The zero-order valence-electron chi connectivity index (χ0n) is 11.2. The summed E-state index contributed by atoms with van der Waals surface area (Å²) >= 11 is 0. The fourth-order valence-electron chi connectivity index (χ4n) is 2.53. The standard InChI is InChI=1S/C15H18N2O3/c18-12-3-4-15(19)14(10-12)17-7-5-16(6-8-17)11-13-2-1-9-20-13/h1-4,9-10,18-19H,5-8,11H2. The molecule has 0 radical (unpaired) electrons. The third kappa shape index (κ3) is 2.72. The van der Waals surface area contributed by atoms with E-state index in [-0.39, 0.29) is 11.5 Å². The summed E-state index contributed by atoms with van der Waals surface area (Å²) in [5.41, 5.74) is 0.697. The van der Waals surface area contributed by atoms with Gasteiger partial charge in [0.2, 0.25) is 0 Å². The van der Waals surface area contributed by atoms with Crippen LogP contribution in [0.4, 0.5) is 5.69 Å². The van der Waals surface area contributed by atoms with Gasteiger partial charge in [-0.15, -0.1) is 0 Å². The number of anilines is 1. The monoisotopic (exact) mass is 274 g/mol. The molecule has 0 aliphatic carbocycles. The van der Waals surface area contributed by atoms with Gasteiger partial charge in [0.25, 0.3) is 0 Å². The lowest BCUT2D eigenvalue weighted by molar-refractivity contribution is 0.230. The maximum absolute atomic E-state index is 9.88. The first-order valence-electron chi connectivity index (χ1n) is 6.74. The van der Waals surface area contributed by atoms with E-state index in [0.717, 1.165) is 38.5 Å². The predicted molar refractivity (Wildman–Crippen MR) is 76.0 cm³/mol. The topological polar surface area (TPSA) is 60.1 Å². The molecular weight excluding hydrogens is 256 g/mol. The van der Waals surface area contributed by atoms with Crippen molar-refractivity contribution in [3.8, 4) is 11.5 Å². The highest BCUT2D eigenvalue weighted by Crippen LogP contribution is 2.31. The molecular formula is C15H18N2O3. The summed E-state index contributed by atoms with van der Waals surface area (Å²) < 4.78 is 5.35. The van der Waals surface area contributed by atoms with Gasteiger partial charge in [0.1, 0.15) is 17.3 Å². The second-order valence-electron chi connectivity index (χ2n) is 5.02. The van der Waals surface area contributed by atoms with Gasteiger partial charge in [0, 0.05) is 32.2 Å². The molecule has 0 amide bonds. The van der Waals surface area contributed by atoms with Crippen molar-refractivity contribution in [3.63, 3.8) is 0 Å². The Morgan fingerprint density at radius 3 is 2.55 bits per heavy atom. The van der Waals surface area contributed by atoms with Crippen molar-refractivity contribution in [1.29, 1.82) is 0 Å². The van der Waals surface area contributed by atoms with Crippen molar-refractivity contribution in [2.75, 3.05) is 31.1 Å². The lowest BCUT2D eigenvalue weighted by Crippen LogP contribution is -2.45. The number of phenols is 2. The molecule has 1 aromatic heterocycles. The first-order chi connectivity index (χ1) is 9.72. The summed E-state index contributed by atoms with van der Waals surface area (Å²) in [6, 6.07) is 8.51. The molecule has 0 unspecified atom stereocenters. The molecule has 106 valence electrons. The lowest BCUT2D eigenvalue weighted by Gasteiger charge is -2.35. The van der Waals surface area contributed by atoms with Crippen LogP contribution in [0.3, 0.4) is 0 Å². The van der Waals surface area contributed by atoms with Crippen LogP contribution in [0.1, 0.15) is 5.76 Å². The van der Waals surface area contributed by atoms with Crippen molar-refractivity contribution in [3.05, 3.63) is 42.4 Å². The molecule has 5 nitrogen and oxygen atoms in total. The van der Waals surface area contributed by atoms with Gasteiger partial charge >= 0.3 is 0 Å². The van der Waals surface area contributed by atoms with Gasteiger partial charge in [-0.05, 0) is 24.3 Å². The Hall–Kier alpha value is -2.14. The molecule has 1 fully saturated rings. The average Bonchev–Trinajstić information content (AvgIpc) is 2.95. The third-order valence-corrected chi connectivity index (χ3v) is 3.63. The largest absolute Gasteiger partial charge is 0.508 e. The molecule has 2 N–H and O–H groups in total. The molecule has 2 heterocycles. The van der Waals surface area contributed by atoms with Crippen LogP contribution in [-0.2, 0) is 6.54 Å². The number of piperazine rings is 1. The number of hydrogen-bond acceptors (Lipinski definition) is 5. The smallest absolute Gasteiger partial charge is 0.139 e. The van der Waals surface area contributed by atoms with Crippen LogP contribution in [0.2, 0.25) is 0 Å². The first-order valence-corrected chi connectivity index (χ1v) is 6.74. The summed E-state index contributed by atoms with van der Waals surface area (Å²) in [6.07, 6.45) is 1.69. The first kappa shape index (κ1) is 12.9. The maximum atomic E-state index is 9.88. The third-order valence-electron chi connectivity index (χ3n) is 3.63. The minimum atomic E-state index is 0.177. The fraction of sp³-hybridized carbons (Fsp3) is 0.333. The summed E-state index contributed by atoms with van der Waals surface area (Å²) in [4.78, 5) is 4.41. The Bertz CT molecular complexity index is 561. The summed E-state index contributed by atoms with van der Waals surface area (Å²) in [5.74, 6) is 1.36. The molecule has 1 aliphatic heterocycles. The van der Waals surface area contributed by atoms with Crippen LogP contribution in [0.25, 0.3) is 0 Å². The number of rotatable bonds is 3. The van der Waals surface area contributed by atoms with Gasteiger partial charge in [-0.25, -0.2) is 0 Å². The highest BCUT2D eigenvalue weighted by atomic mass is 16.3. The van der Waals surface area contributed by atoms with E-state index in [4.69, 9.17) is 4.42 Å². The molecule has 1 aliphatic rings. The van der Waals surface area contributed by atoms with E-state index in [1.807, 2.05) is 12.1 Å². The predicted octanol–water partition coefficient (Wildman–Crippen LogP) is 2.01. The quantitative estimate of drug-likeness (QED) is 0.838. The summed E-state index contributed by atoms with van der Waals surface area (Å²) in [7, 11) is 0. The van der Waals surface area contributed by atoms with Crippen LogP contribution in [0.15, 0.2) is 41.0 Å². The van der Waals surface area contributed by atoms with Gasteiger partial charge in [0.15, 0.2) is 0 Å². The van der Waals surface area contributed by atoms with Crippen LogP contribution >= 0.6 is 0 Å².